The van der Waals surface area contributed by atoms with E-state index >= 15 is 0 Å². The van der Waals surface area contributed by atoms with Crippen LogP contribution in [0.3, 0.4) is 0 Å². The van der Waals surface area contributed by atoms with Crippen LogP contribution >= 0.6 is 0 Å². The van der Waals surface area contributed by atoms with Crippen LogP contribution < -0.4 is 5.73 Å². The highest BCUT2D eigenvalue weighted by molar-refractivity contribution is 4.48. The lowest BCUT2D eigenvalue weighted by Gasteiger charge is -2.08. The van der Waals surface area contributed by atoms with Gasteiger partial charge in [-0.1, -0.05) is 0 Å². The minimum atomic E-state index is -4.55. The molecule has 0 aliphatic heterocycles. The van der Waals surface area contributed by atoms with Gasteiger partial charge in [0, 0.05) is 6.04 Å². The molecule has 1 atom stereocenters. The first-order valence-electron chi connectivity index (χ1n) is 2.38. The van der Waals surface area contributed by atoms with E-state index in [0.717, 1.165) is 0 Å². The van der Waals surface area contributed by atoms with E-state index in [0.29, 0.717) is 0 Å². The zero-order valence-corrected chi connectivity index (χ0v) is 4.90. The van der Waals surface area contributed by atoms with E-state index in [4.69, 9.17) is 5.73 Å². The van der Waals surface area contributed by atoms with Crippen molar-refractivity contribution in [1.29, 1.82) is 0 Å². The third-order valence-electron chi connectivity index (χ3n) is 0.510. The second-order valence-electron chi connectivity index (χ2n) is 1.73. The van der Waals surface area contributed by atoms with Gasteiger partial charge in [0.25, 0.3) is 0 Å². The quantitative estimate of drug-likeness (QED) is 0.622. The lowest BCUT2D eigenvalue weighted by Crippen LogP contribution is -2.27. The van der Waals surface area contributed by atoms with Crippen LogP contribution in [0.4, 0.5) is 13.2 Å². The lowest BCUT2D eigenvalue weighted by atomic mass is 10.4. The summed E-state index contributed by atoms with van der Waals surface area (Å²) < 4.78 is 36.8. The summed E-state index contributed by atoms with van der Waals surface area (Å²) >= 11 is 0. The molecule has 5 heteroatoms. The van der Waals surface area contributed by atoms with E-state index in [-0.39, 0.29) is 0 Å². The predicted octanol–water partition coefficient (Wildman–Crippen LogP) is 0.870. The summed E-state index contributed by atoms with van der Waals surface area (Å²) in [5.41, 5.74) is 4.97. The van der Waals surface area contributed by atoms with Crippen molar-refractivity contribution < 1.29 is 17.9 Å². The topological polar surface area (TPSA) is 35.2 Å². The molecule has 0 aromatic rings. The molecule has 56 valence electrons. The molecule has 0 aromatic carbocycles. The highest BCUT2D eigenvalue weighted by atomic mass is 19.4. The van der Waals surface area contributed by atoms with Crippen LogP contribution in [0, 0.1) is 0 Å². The van der Waals surface area contributed by atoms with Crippen molar-refractivity contribution in [2.75, 3.05) is 6.61 Å². The maximum atomic E-state index is 11.1. The van der Waals surface area contributed by atoms with Gasteiger partial charge >= 0.3 is 6.36 Å². The van der Waals surface area contributed by atoms with Crippen molar-refractivity contribution in [3.05, 3.63) is 0 Å². The van der Waals surface area contributed by atoms with Gasteiger partial charge in [-0.25, -0.2) is 0 Å². The van der Waals surface area contributed by atoms with E-state index in [2.05, 4.69) is 4.74 Å². The summed E-state index contributed by atoms with van der Waals surface area (Å²) in [6.45, 7) is 0.954. The van der Waals surface area contributed by atoms with Crippen molar-refractivity contribution in [2.45, 2.75) is 19.3 Å². The zero-order chi connectivity index (χ0) is 7.49. The Morgan fingerprint density at radius 1 is 1.56 bits per heavy atom. The number of rotatable bonds is 2. The lowest BCUT2D eigenvalue weighted by molar-refractivity contribution is -0.325. The monoisotopic (exact) mass is 143 g/mol. The van der Waals surface area contributed by atoms with Crippen molar-refractivity contribution in [1.82, 2.24) is 0 Å². The summed E-state index contributed by atoms with van der Waals surface area (Å²) in [7, 11) is 0. The molecule has 0 rings (SSSR count). The molecule has 0 aromatic heterocycles. The first-order valence-corrected chi connectivity index (χ1v) is 2.38. The highest BCUT2D eigenvalue weighted by Gasteiger charge is 2.28. The van der Waals surface area contributed by atoms with Crippen molar-refractivity contribution >= 4 is 0 Å². The molecule has 0 spiro atoms. The first-order chi connectivity index (χ1) is 3.92. The second-order valence-corrected chi connectivity index (χ2v) is 1.73. The molecule has 2 N–H and O–H groups in total. The average Bonchev–Trinajstić information content (AvgIpc) is 1.59. The smallest absolute Gasteiger partial charge is 0.326 e. The molecule has 0 saturated carbocycles. The van der Waals surface area contributed by atoms with E-state index in [1.54, 1.807) is 0 Å². The van der Waals surface area contributed by atoms with Gasteiger partial charge in [-0.15, -0.1) is 13.2 Å². The second kappa shape index (κ2) is 3.03. The molecule has 0 amide bonds. The highest BCUT2D eigenvalue weighted by Crippen LogP contribution is 2.15. The number of hydrogen-bond acceptors (Lipinski definition) is 2. The van der Waals surface area contributed by atoms with Crippen molar-refractivity contribution in [3.63, 3.8) is 0 Å². The van der Waals surface area contributed by atoms with E-state index in [9.17, 15) is 13.2 Å². The third kappa shape index (κ3) is 7.71. The van der Waals surface area contributed by atoms with Crippen LogP contribution in [0.5, 0.6) is 0 Å². The fourth-order valence-electron chi connectivity index (χ4n) is 0.226. The van der Waals surface area contributed by atoms with Crippen molar-refractivity contribution in [3.8, 4) is 0 Å². The average molecular weight is 143 g/mol. The number of ether oxygens (including phenoxy) is 1. The Morgan fingerprint density at radius 2 is 2.00 bits per heavy atom. The number of alkyl halides is 3. The number of nitrogens with two attached hydrogens (primary N) is 1. The fourth-order valence-corrected chi connectivity index (χ4v) is 0.226. The molecule has 0 bridgehead atoms. The SMILES string of the molecule is CC(N)COC(F)(F)F. The first kappa shape index (κ1) is 8.71. The molecule has 0 fully saturated rings. The molecule has 1 unspecified atom stereocenters. The molecule has 9 heavy (non-hydrogen) atoms. The Labute approximate surface area is 50.8 Å². The van der Waals surface area contributed by atoms with Gasteiger partial charge in [-0.3, -0.25) is 4.74 Å². The van der Waals surface area contributed by atoms with Crippen molar-refractivity contribution in [2.24, 2.45) is 5.73 Å². The van der Waals surface area contributed by atoms with Gasteiger partial charge in [-0.05, 0) is 6.92 Å². The molecule has 2 nitrogen and oxygen atoms in total. The predicted molar refractivity (Wildman–Crippen MR) is 25.7 cm³/mol. The maximum Gasteiger partial charge on any atom is 0.522 e. The van der Waals surface area contributed by atoms with E-state index in [1.165, 1.54) is 6.92 Å². The van der Waals surface area contributed by atoms with Crippen LogP contribution in [0.1, 0.15) is 6.92 Å². The van der Waals surface area contributed by atoms with Gasteiger partial charge in [0.15, 0.2) is 0 Å². The van der Waals surface area contributed by atoms with Gasteiger partial charge < -0.3 is 5.73 Å². The van der Waals surface area contributed by atoms with Gasteiger partial charge in [0.05, 0.1) is 6.61 Å². The molecule has 0 radical (unpaired) electrons. The summed E-state index contributed by atoms with van der Waals surface area (Å²) in [5, 5.41) is 0. The Bertz CT molecular complexity index is 80.4. The Morgan fingerprint density at radius 3 is 2.11 bits per heavy atom. The Kier molecular flexibility index (Phi) is 2.93. The van der Waals surface area contributed by atoms with Gasteiger partial charge in [0.1, 0.15) is 0 Å². The maximum absolute atomic E-state index is 11.1. The fraction of sp³-hybridized carbons (Fsp3) is 1.00. The standard InChI is InChI=1S/C4H8F3NO/c1-3(8)2-9-4(5,6)7/h3H,2,8H2,1H3. The summed E-state index contributed by atoms with van der Waals surface area (Å²) in [4.78, 5) is 0. The zero-order valence-electron chi connectivity index (χ0n) is 4.90. The summed E-state index contributed by atoms with van der Waals surface area (Å²) in [5.74, 6) is 0. The minimum Gasteiger partial charge on any atom is -0.326 e. The molecular weight excluding hydrogens is 135 g/mol. The number of hydrogen-bond donors (Lipinski definition) is 1. The van der Waals surface area contributed by atoms with Crippen LogP contribution in [0.2, 0.25) is 0 Å². The largest absolute Gasteiger partial charge is 0.522 e. The van der Waals surface area contributed by atoms with Crippen LogP contribution in [-0.2, 0) is 4.74 Å². The van der Waals surface area contributed by atoms with Crippen LogP contribution in [0.15, 0.2) is 0 Å². The minimum absolute atomic E-state index is 0.483. The molecular formula is C4H8F3NO. The Hall–Kier alpha value is -0.290. The van der Waals surface area contributed by atoms with Crippen LogP contribution in [0.25, 0.3) is 0 Å². The molecule has 0 heterocycles. The van der Waals surface area contributed by atoms with Gasteiger partial charge in [-0.2, -0.15) is 0 Å². The van der Waals surface area contributed by atoms with E-state index in [1.807, 2.05) is 0 Å². The van der Waals surface area contributed by atoms with Gasteiger partial charge in [0.2, 0.25) is 0 Å². The molecule has 0 saturated heterocycles. The van der Waals surface area contributed by atoms with E-state index < -0.39 is 19.0 Å². The normalized spacial score (nSPS) is 15.7. The Balaban J connectivity index is 3.28. The van der Waals surface area contributed by atoms with Crippen LogP contribution in [-0.4, -0.2) is 19.0 Å². The molecule has 0 aliphatic carbocycles. The summed E-state index contributed by atoms with van der Waals surface area (Å²) in [6.07, 6.45) is -4.55. The number of halogens is 3. The third-order valence-corrected chi connectivity index (χ3v) is 0.510. The molecule has 0 aliphatic rings. The summed E-state index contributed by atoms with van der Waals surface area (Å²) in [6, 6.07) is -0.577.